The van der Waals surface area contributed by atoms with E-state index in [1.54, 1.807) is 6.08 Å². The standard InChI is InChI=1S/C9H18N2O2/c1-6-8(11-10-7(2)12)13-9(3,4)5/h6,11H,1-5H3,(H,10,12). The first-order valence-electron chi connectivity index (χ1n) is 4.23. The number of carbonyl (C=O) groups is 1. The second-order valence-corrected chi connectivity index (χ2v) is 3.67. The van der Waals surface area contributed by atoms with Gasteiger partial charge in [0, 0.05) is 6.92 Å². The SMILES string of the molecule is CC=C(NNC(C)=O)OC(C)(C)C. The van der Waals surface area contributed by atoms with Crippen LogP contribution < -0.4 is 10.9 Å². The zero-order valence-electron chi connectivity index (χ0n) is 8.89. The molecule has 1 amide bonds. The van der Waals surface area contributed by atoms with Gasteiger partial charge in [-0.25, -0.2) is 0 Å². The summed E-state index contributed by atoms with van der Waals surface area (Å²) in [5.41, 5.74) is 4.83. The van der Waals surface area contributed by atoms with Crippen LogP contribution in [0.5, 0.6) is 0 Å². The second kappa shape index (κ2) is 4.74. The molecular weight excluding hydrogens is 168 g/mol. The van der Waals surface area contributed by atoms with Gasteiger partial charge in [-0.15, -0.1) is 0 Å². The van der Waals surface area contributed by atoms with Crippen molar-refractivity contribution in [2.75, 3.05) is 0 Å². The molecule has 13 heavy (non-hydrogen) atoms. The zero-order chi connectivity index (χ0) is 10.5. The number of hydrazine groups is 1. The van der Waals surface area contributed by atoms with Crippen molar-refractivity contribution in [3.8, 4) is 0 Å². The molecule has 76 valence electrons. The van der Waals surface area contributed by atoms with E-state index >= 15 is 0 Å². The van der Waals surface area contributed by atoms with Gasteiger partial charge in [0.25, 0.3) is 0 Å². The monoisotopic (exact) mass is 186 g/mol. The van der Waals surface area contributed by atoms with Crippen LogP contribution in [-0.4, -0.2) is 11.5 Å². The number of carbonyl (C=O) groups excluding carboxylic acids is 1. The van der Waals surface area contributed by atoms with Gasteiger partial charge in [0.05, 0.1) is 0 Å². The minimum Gasteiger partial charge on any atom is -0.473 e. The Morgan fingerprint density at radius 1 is 1.31 bits per heavy atom. The van der Waals surface area contributed by atoms with E-state index in [4.69, 9.17) is 4.74 Å². The lowest BCUT2D eigenvalue weighted by Gasteiger charge is -2.23. The smallest absolute Gasteiger partial charge is 0.235 e. The normalized spacial score (nSPS) is 12.2. The van der Waals surface area contributed by atoms with E-state index in [0.717, 1.165) is 0 Å². The fourth-order valence-electron chi connectivity index (χ4n) is 0.636. The molecular formula is C9H18N2O2. The van der Waals surface area contributed by atoms with Crippen LogP contribution >= 0.6 is 0 Å². The molecule has 0 heterocycles. The quantitative estimate of drug-likeness (QED) is 0.516. The number of hydrogen-bond acceptors (Lipinski definition) is 3. The lowest BCUT2D eigenvalue weighted by atomic mass is 10.2. The van der Waals surface area contributed by atoms with Crippen molar-refractivity contribution >= 4 is 5.91 Å². The molecule has 0 spiro atoms. The number of rotatable bonds is 3. The Balaban J connectivity index is 4.00. The molecule has 0 fully saturated rings. The van der Waals surface area contributed by atoms with Gasteiger partial charge in [-0.05, 0) is 33.8 Å². The molecule has 0 atom stereocenters. The van der Waals surface area contributed by atoms with Gasteiger partial charge in [-0.1, -0.05) is 0 Å². The summed E-state index contributed by atoms with van der Waals surface area (Å²) in [5, 5.41) is 0. The van der Waals surface area contributed by atoms with Crippen molar-refractivity contribution in [3.05, 3.63) is 12.0 Å². The summed E-state index contributed by atoms with van der Waals surface area (Å²) in [4.78, 5) is 10.6. The molecule has 0 bridgehead atoms. The maximum atomic E-state index is 10.6. The molecule has 0 saturated heterocycles. The highest BCUT2D eigenvalue weighted by molar-refractivity contribution is 5.72. The first-order valence-corrected chi connectivity index (χ1v) is 4.23. The first kappa shape index (κ1) is 11.8. The lowest BCUT2D eigenvalue weighted by Crippen LogP contribution is -2.38. The molecule has 0 aliphatic carbocycles. The third-order valence-electron chi connectivity index (χ3n) is 1.04. The van der Waals surface area contributed by atoms with Gasteiger partial charge in [-0.3, -0.25) is 15.6 Å². The number of ether oxygens (including phenoxy) is 1. The molecule has 0 unspecified atom stereocenters. The molecule has 0 aromatic carbocycles. The number of hydrogen-bond donors (Lipinski definition) is 2. The van der Waals surface area contributed by atoms with Crippen molar-refractivity contribution in [2.24, 2.45) is 0 Å². The van der Waals surface area contributed by atoms with E-state index in [1.807, 2.05) is 27.7 Å². The van der Waals surface area contributed by atoms with Crippen molar-refractivity contribution in [3.63, 3.8) is 0 Å². The van der Waals surface area contributed by atoms with Crippen molar-refractivity contribution in [2.45, 2.75) is 40.2 Å². The van der Waals surface area contributed by atoms with Crippen molar-refractivity contribution < 1.29 is 9.53 Å². The molecule has 0 aliphatic heterocycles. The van der Waals surface area contributed by atoms with Crippen LogP contribution in [0.25, 0.3) is 0 Å². The Kier molecular flexibility index (Phi) is 4.31. The van der Waals surface area contributed by atoms with E-state index in [2.05, 4.69) is 10.9 Å². The van der Waals surface area contributed by atoms with Gasteiger partial charge in [0.2, 0.25) is 11.8 Å². The largest absolute Gasteiger partial charge is 0.473 e. The van der Waals surface area contributed by atoms with E-state index < -0.39 is 0 Å². The maximum Gasteiger partial charge on any atom is 0.235 e. The van der Waals surface area contributed by atoms with E-state index in [1.165, 1.54) is 6.92 Å². The van der Waals surface area contributed by atoms with E-state index in [-0.39, 0.29) is 11.5 Å². The molecule has 0 rings (SSSR count). The predicted molar refractivity (Wildman–Crippen MR) is 51.5 cm³/mol. The molecule has 0 radical (unpaired) electrons. The van der Waals surface area contributed by atoms with Crippen LogP contribution in [0.15, 0.2) is 12.0 Å². The highest BCUT2D eigenvalue weighted by Gasteiger charge is 2.12. The lowest BCUT2D eigenvalue weighted by molar-refractivity contribution is -0.120. The summed E-state index contributed by atoms with van der Waals surface area (Å²) in [6, 6.07) is 0. The maximum absolute atomic E-state index is 10.6. The average molecular weight is 186 g/mol. The van der Waals surface area contributed by atoms with Crippen molar-refractivity contribution in [1.82, 2.24) is 10.9 Å². The molecule has 4 nitrogen and oxygen atoms in total. The second-order valence-electron chi connectivity index (χ2n) is 3.67. The number of nitrogens with one attached hydrogen (secondary N) is 2. The number of allylic oxidation sites excluding steroid dienone is 1. The molecule has 0 aromatic heterocycles. The summed E-state index contributed by atoms with van der Waals surface area (Å²) >= 11 is 0. The molecule has 0 aromatic rings. The van der Waals surface area contributed by atoms with Crippen LogP contribution in [0.3, 0.4) is 0 Å². The van der Waals surface area contributed by atoms with E-state index in [9.17, 15) is 4.79 Å². The third-order valence-corrected chi connectivity index (χ3v) is 1.04. The molecule has 0 saturated carbocycles. The summed E-state index contributed by atoms with van der Waals surface area (Å²) < 4.78 is 5.47. The fourth-order valence-corrected chi connectivity index (χ4v) is 0.636. The van der Waals surface area contributed by atoms with Gasteiger partial charge < -0.3 is 4.74 Å². The average Bonchev–Trinajstić information content (AvgIpc) is 1.95. The third kappa shape index (κ3) is 7.18. The van der Waals surface area contributed by atoms with Gasteiger partial charge in [0.15, 0.2) is 0 Å². The summed E-state index contributed by atoms with van der Waals surface area (Å²) in [6.07, 6.45) is 1.75. The predicted octanol–water partition coefficient (Wildman–Crippen LogP) is 1.30. The molecule has 0 aliphatic rings. The summed E-state index contributed by atoms with van der Waals surface area (Å²) in [5.74, 6) is 0.388. The van der Waals surface area contributed by atoms with Crippen molar-refractivity contribution in [1.29, 1.82) is 0 Å². The van der Waals surface area contributed by atoms with Crippen LogP contribution in [0.4, 0.5) is 0 Å². The fraction of sp³-hybridized carbons (Fsp3) is 0.667. The minimum absolute atomic E-state index is 0.156. The zero-order valence-corrected chi connectivity index (χ0v) is 8.89. The summed E-state index contributed by atoms with van der Waals surface area (Å²) in [7, 11) is 0. The minimum atomic E-state index is -0.271. The Morgan fingerprint density at radius 2 is 1.85 bits per heavy atom. The van der Waals surface area contributed by atoms with Gasteiger partial charge >= 0.3 is 0 Å². The van der Waals surface area contributed by atoms with Crippen LogP contribution in [-0.2, 0) is 9.53 Å². The Morgan fingerprint density at radius 3 is 2.15 bits per heavy atom. The Hall–Kier alpha value is -1.19. The van der Waals surface area contributed by atoms with Crippen LogP contribution in [0.1, 0.15) is 34.6 Å². The number of amides is 1. The Labute approximate surface area is 79.3 Å². The topological polar surface area (TPSA) is 50.4 Å². The van der Waals surface area contributed by atoms with E-state index in [0.29, 0.717) is 5.88 Å². The van der Waals surface area contributed by atoms with Crippen LogP contribution in [0.2, 0.25) is 0 Å². The first-order chi connectivity index (χ1) is 5.85. The Bertz CT molecular complexity index is 204. The van der Waals surface area contributed by atoms with Gasteiger partial charge in [0.1, 0.15) is 5.60 Å². The van der Waals surface area contributed by atoms with Gasteiger partial charge in [-0.2, -0.15) is 0 Å². The summed E-state index contributed by atoms with van der Waals surface area (Å²) in [6.45, 7) is 9.07. The highest BCUT2D eigenvalue weighted by Crippen LogP contribution is 2.10. The van der Waals surface area contributed by atoms with Crippen LogP contribution in [0, 0.1) is 0 Å². The highest BCUT2D eigenvalue weighted by atomic mass is 16.5. The molecule has 4 heteroatoms. The molecule has 2 N–H and O–H groups in total.